The molecular weight excluding hydrogens is 296 g/mol. The number of hydrogen-bond donors (Lipinski definition) is 0. The van der Waals surface area contributed by atoms with Crippen LogP contribution in [0.5, 0.6) is 0 Å². The van der Waals surface area contributed by atoms with E-state index in [9.17, 15) is 0 Å². The highest BCUT2D eigenvalue weighted by Gasteiger charge is 2.04. The molecule has 0 amide bonds. The van der Waals surface area contributed by atoms with Crippen molar-refractivity contribution in [2.75, 3.05) is 0 Å². The zero-order chi connectivity index (χ0) is 14.8. The van der Waals surface area contributed by atoms with Crippen LogP contribution in [0.4, 0.5) is 0 Å². The van der Waals surface area contributed by atoms with Gasteiger partial charge < -0.3 is 4.40 Å². The van der Waals surface area contributed by atoms with Gasteiger partial charge in [-0.2, -0.15) is 0 Å². The van der Waals surface area contributed by atoms with E-state index in [0.717, 1.165) is 27.9 Å². The number of nitrogens with zero attached hydrogens (tertiary/aromatic N) is 6. The quantitative estimate of drug-likeness (QED) is 0.542. The zero-order valence-electron chi connectivity index (χ0n) is 11.6. The summed E-state index contributed by atoms with van der Waals surface area (Å²) >= 11 is 1.62. The maximum absolute atomic E-state index is 4.57. The van der Waals surface area contributed by atoms with E-state index in [4.69, 9.17) is 0 Å². The van der Waals surface area contributed by atoms with Crippen molar-refractivity contribution in [3.8, 4) is 5.82 Å². The monoisotopic (exact) mass is 308 g/mol. The van der Waals surface area contributed by atoms with E-state index in [1.165, 1.54) is 0 Å². The van der Waals surface area contributed by atoms with E-state index in [1.807, 2.05) is 57.9 Å². The Bertz CT molecular complexity index is 849. The lowest BCUT2D eigenvalue weighted by Crippen LogP contribution is -1.96. The van der Waals surface area contributed by atoms with E-state index in [0.29, 0.717) is 0 Å². The Hall–Kier alpha value is -2.67. The van der Waals surface area contributed by atoms with E-state index < -0.39 is 0 Å². The molecule has 0 aliphatic rings. The lowest BCUT2D eigenvalue weighted by atomic mass is 10.5. The molecule has 4 aromatic heterocycles. The summed E-state index contributed by atoms with van der Waals surface area (Å²) < 4.78 is 3.84. The Balaban J connectivity index is 1.47. The fourth-order valence-corrected chi connectivity index (χ4v) is 2.82. The van der Waals surface area contributed by atoms with Crippen molar-refractivity contribution in [3.05, 3.63) is 67.1 Å². The highest BCUT2D eigenvalue weighted by molar-refractivity contribution is 7.98. The molecule has 0 unspecified atom stereocenters. The maximum atomic E-state index is 4.57. The average molecular weight is 308 g/mol. The fraction of sp³-hybridized carbons (Fsp3) is 0.0667. The summed E-state index contributed by atoms with van der Waals surface area (Å²) in [7, 11) is 0. The first kappa shape index (κ1) is 13.0. The van der Waals surface area contributed by atoms with Crippen molar-refractivity contribution in [1.29, 1.82) is 0 Å². The molecule has 0 fully saturated rings. The normalized spacial score (nSPS) is 11.1. The second-order valence-corrected chi connectivity index (χ2v) is 5.68. The van der Waals surface area contributed by atoms with Crippen LogP contribution >= 0.6 is 11.8 Å². The largest absolute Gasteiger partial charge is 0.307 e. The summed E-state index contributed by atoms with van der Waals surface area (Å²) in [6.45, 7) is 0. The molecule has 22 heavy (non-hydrogen) atoms. The highest BCUT2D eigenvalue weighted by Crippen LogP contribution is 2.20. The first-order chi connectivity index (χ1) is 10.9. The average Bonchev–Trinajstić information content (AvgIpc) is 3.22. The number of rotatable bonds is 4. The molecule has 0 aliphatic heterocycles. The summed E-state index contributed by atoms with van der Waals surface area (Å²) in [4.78, 5) is 8.56. The van der Waals surface area contributed by atoms with Crippen LogP contribution < -0.4 is 0 Å². The Kier molecular flexibility index (Phi) is 3.32. The summed E-state index contributed by atoms with van der Waals surface area (Å²) in [6, 6.07) is 9.86. The van der Waals surface area contributed by atoms with Gasteiger partial charge in [0.15, 0.2) is 5.82 Å². The molecule has 0 bridgehead atoms. The van der Waals surface area contributed by atoms with Gasteiger partial charge >= 0.3 is 0 Å². The third-order valence-corrected chi connectivity index (χ3v) is 4.13. The van der Waals surface area contributed by atoms with E-state index in [-0.39, 0.29) is 0 Å². The predicted molar refractivity (Wildman–Crippen MR) is 83.9 cm³/mol. The SMILES string of the molecule is c1ccn2cc(CSc3ccc(-n4ccnc4)nn3)nc2c1. The first-order valence-corrected chi connectivity index (χ1v) is 7.74. The van der Waals surface area contributed by atoms with Crippen LogP contribution in [0.15, 0.2) is 66.5 Å². The van der Waals surface area contributed by atoms with Gasteiger partial charge in [0.1, 0.15) is 17.0 Å². The second kappa shape index (κ2) is 5.61. The Morgan fingerprint density at radius 3 is 2.82 bits per heavy atom. The molecule has 7 heteroatoms. The topological polar surface area (TPSA) is 60.9 Å². The van der Waals surface area contributed by atoms with Gasteiger partial charge in [0.2, 0.25) is 0 Å². The summed E-state index contributed by atoms with van der Waals surface area (Å²) in [6.07, 6.45) is 9.29. The highest BCUT2D eigenvalue weighted by atomic mass is 32.2. The molecule has 0 saturated heterocycles. The van der Waals surface area contributed by atoms with Gasteiger partial charge in [-0.25, -0.2) is 9.97 Å². The molecule has 0 radical (unpaired) electrons. The van der Waals surface area contributed by atoms with Crippen molar-refractivity contribution >= 4 is 17.4 Å². The summed E-state index contributed by atoms with van der Waals surface area (Å²) in [5, 5.41) is 9.31. The second-order valence-electron chi connectivity index (χ2n) is 4.69. The number of imidazole rings is 2. The Morgan fingerprint density at radius 1 is 1.05 bits per heavy atom. The molecular formula is C15H12N6S. The van der Waals surface area contributed by atoms with Crippen LogP contribution in [0.2, 0.25) is 0 Å². The van der Waals surface area contributed by atoms with E-state index >= 15 is 0 Å². The van der Waals surface area contributed by atoms with Gasteiger partial charge in [0.05, 0.1) is 5.69 Å². The van der Waals surface area contributed by atoms with Crippen molar-refractivity contribution in [2.45, 2.75) is 10.8 Å². The van der Waals surface area contributed by atoms with Crippen molar-refractivity contribution in [3.63, 3.8) is 0 Å². The molecule has 0 spiro atoms. The molecule has 0 N–H and O–H groups in total. The van der Waals surface area contributed by atoms with Gasteiger partial charge in [-0.15, -0.1) is 10.2 Å². The van der Waals surface area contributed by atoms with E-state index in [1.54, 1.807) is 24.3 Å². The van der Waals surface area contributed by atoms with Crippen molar-refractivity contribution in [1.82, 2.24) is 29.1 Å². The minimum Gasteiger partial charge on any atom is -0.307 e. The third kappa shape index (κ3) is 2.58. The van der Waals surface area contributed by atoms with Crippen LogP contribution in [0.25, 0.3) is 11.5 Å². The van der Waals surface area contributed by atoms with Crippen LogP contribution in [0, 0.1) is 0 Å². The Morgan fingerprint density at radius 2 is 2.05 bits per heavy atom. The number of pyridine rings is 1. The molecule has 4 aromatic rings. The molecule has 4 rings (SSSR count). The number of fused-ring (bicyclic) bond motifs is 1. The Labute approximate surface area is 130 Å². The van der Waals surface area contributed by atoms with Crippen LogP contribution in [-0.4, -0.2) is 29.1 Å². The van der Waals surface area contributed by atoms with Crippen molar-refractivity contribution < 1.29 is 0 Å². The zero-order valence-corrected chi connectivity index (χ0v) is 12.4. The lowest BCUT2D eigenvalue weighted by molar-refractivity contribution is 0.860. The first-order valence-electron chi connectivity index (χ1n) is 6.76. The van der Waals surface area contributed by atoms with Gasteiger partial charge in [0, 0.05) is 30.5 Å². The van der Waals surface area contributed by atoms with Crippen LogP contribution in [0.3, 0.4) is 0 Å². The number of aromatic nitrogens is 6. The van der Waals surface area contributed by atoms with Gasteiger partial charge in [-0.05, 0) is 24.3 Å². The molecule has 108 valence electrons. The third-order valence-electron chi connectivity index (χ3n) is 3.18. The molecule has 4 heterocycles. The number of thioether (sulfide) groups is 1. The smallest absolute Gasteiger partial charge is 0.160 e. The van der Waals surface area contributed by atoms with Crippen LogP contribution in [0.1, 0.15) is 5.69 Å². The number of hydrogen-bond acceptors (Lipinski definition) is 5. The minimum absolute atomic E-state index is 0.759. The molecule has 0 aliphatic carbocycles. The molecule has 6 nitrogen and oxygen atoms in total. The van der Waals surface area contributed by atoms with Gasteiger partial charge in [-0.3, -0.25) is 4.57 Å². The van der Waals surface area contributed by atoms with Crippen LogP contribution in [-0.2, 0) is 5.75 Å². The van der Waals surface area contributed by atoms with Crippen molar-refractivity contribution in [2.24, 2.45) is 0 Å². The molecule has 0 saturated carbocycles. The fourth-order valence-electron chi connectivity index (χ4n) is 2.13. The maximum Gasteiger partial charge on any atom is 0.160 e. The summed E-state index contributed by atoms with van der Waals surface area (Å²) in [5.74, 6) is 1.52. The standard InChI is InChI=1S/C15H12N6S/c1-2-7-20-9-12(17-13(20)3-1)10-22-15-5-4-14(18-19-15)21-8-6-16-11-21/h1-9,11H,10H2. The molecule has 0 aromatic carbocycles. The molecule has 0 atom stereocenters. The lowest BCUT2D eigenvalue weighted by Gasteiger charge is -2.01. The summed E-state index contributed by atoms with van der Waals surface area (Å²) in [5.41, 5.74) is 1.98. The predicted octanol–water partition coefficient (Wildman–Crippen LogP) is 2.60. The van der Waals surface area contributed by atoms with E-state index in [2.05, 4.69) is 20.2 Å². The van der Waals surface area contributed by atoms with Gasteiger partial charge in [-0.1, -0.05) is 17.8 Å². The minimum atomic E-state index is 0.759. The van der Waals surface area contributed by atoms with Gasteiger partial charge in [0.25, 0.3) is 0 Å².